The fourth-order valence-corrected chi connectivity index (χ4v) is 1.96. The van der Waals surface area contributed by atoms with Crippen LogP contribution in [0.5, 0.6) is 0 Å². The topological polar surface area (TPSA) is 31.4 Å². The Hall–Kier alpha value is -1.13. The van der Waals surface area contributed by atoms with E-state index in [2.05, 4.69) is 67.1 Å². The first kappa shape index (κ1) is 16.9. The van der Waals surface area contributed by atoms with Gasteiger partial charge in [-0.15, -0.1) is 0 Å². The molecule has 114 valence electrons. The van der Waals surface area contributed by atoms with Gasteiger partial charge in [-0.25, -0.2) is 4.98 Å². The molecule has 20 heavy (non-hydrogen) atoms. The molecule has 1 aromatic heterocycles. The third kappa shape index (κ3) is 6.35. The number of hydrogen-bond acceptors (Lipinski definition) is 4. The molecule has 4 heteroatoms. The second kappa shape index (κ2) is 8.93. The van der Waals surface area contributed by atoms with E-state index in [1.165, 1.54) is 5.56 Å². The van der Waals surface area contributed by atoms with E-state index in [0.717, 1.165) is 38.4 Å². The lowest BCUT2D eigenvalue weighted by atomic mass is 10.2. The fraction of sp³-hybridized carbons (Fsp3) is 0.688. The summed E-state index contributed by atoms with van der Waals surface area (Å²) >= 11 is 0. The van der Waals surface area contributed by atoms with Crippen molar-refractivity contribution in [2.24, 2.45) is 0 Å². The zero-order valence-electron chi connectivity index (χ0n) is 13.7. The van der Waals surface area contributed by atoms with E-state index in [1.54, 1.807) is 0 Å². The molecule has 0 saturated heterocycles. The molecule has 4 nitrogen and oxygen atoms in total. The van der Waals surface area contributed by atoms with Crippen LogP contribution in [0.2, 0.25) is 0 Å². The normalized spacial score (nSPS) is 11.3. The highest BCUT2D eigenvalue weighted by Gasteiger charge is 2.07. The van der Waals surface area contributed by atoms with Crippen molar-refractivity contribution >= 4 is 5.82 Å². The van der Waals surface area contributed by atoms with Gasteiger partial charge in [-0.3, -0.25) is 0 Å². The van der Waals surface area contributed by atoms with Crippen molar-refractivity contribution in [3.8, 4) is 0 Å². The summed E-state index contributed by atoms with van der Waals surface area (Å²) in [5.41, 5.74) is 1.24. The van der Waals surface area contributed by atoms with Crippen molar-refractivity contribution in [1.29, 1.82) is 0 Å². The molecule has 0 bridgehead atoms. The second-order valence-corrected chi connectivity index (χ2v) is 5.85. The molecule has 0 aliphatic carbocycles. The highest BCUT2D eigenvalue weighted by molar-refractivity contribution is 5.39. The monoisotopic (exact) mass is 278 g/mol. The summed E-state index contributed by atoms with van der Waals surface area (Å²) < 4.78 is 0. The van der Waals surface area contributed by atoms with Crippen LogP contribution >= 0.6 is 0 Å². The van der Waals surface area contributed by atoms with Crippen LogP contribution in [-0.2, 0) is 6.54 Å². The average Bonchev–Trinajstić information content (AvgIpc) is 2.41. The van der Waals surface area contributed by atoms with Crippen molar-refractivity contribution in [2.75, 3.05) is 38.6 Å². The van der Waals surface area contributed by atoms with E-state index >= 15 is 0 Å². The van der Waals surface area contributed by atoms with Crippen molar-refractivity contribution in [3.63, 3.8) is 0 Å². The molecule has 0 fully saturated rings. The first-order valence-electron chi connectivity index (χ1n) is 7.61. The fourth-order valence-electron chi connectivity index (χ4n) is 1.96. The first-order chi connectivity index (χ1) is 9.52. The van der Waals surface area contributed by atoms with Crippen LogP contribution in [-0.4, -0.2) is 49.7 Å². The number of nitrogens with zero attached hydrogens (tertiary/aromatic N) is 3. The molecule has 0 radical (unpaired) electrons. The summed E-state index contributed by atoms with van der Waals surface area (Å²) in [5.74, 6) is 1.09. The quantitative estimate of drug-likeness (QED) is 0.751. The second-order valence-electron chi connectivity index (χ2n) is 5.85. The van der Waals surface area contributed by atoms with E-state index in [4.69, 9.17) is 0 Å². The predicted molar refractivity (Wildman–Crippen MR) is 87.3 cm³/mol. The highest BCUT2D eigenvalue weighted by atomic mass is 15.2. The van der Waals surface area contributed by atoms with Crippen LogP contribution in [0, 0.1) is 0 Å². The van der Waals surface area contributed by atoms with Gasteiger partial charge in [0.1, 0.15) is 5.82 Å². The Morgan fingerprint density at radius 3 is 2.40 bits per heavy atom. The summed E-state index contributed by atoms with van der Waals surface area (Å²) in [4.78, 5) is 9.19. The number of likely N-dealkylation sites (N-methyl/N-ethyl adjacent to an activating group) is 1. The molecule has 0 aliphatic heterocycles. The molecule has 0 spiro atoms. The molecule has 1 rings (SSSR count). The minimum Gasteiger partial charge on any atom is -0.355 e. The minimum atomic E-state index is 0.506. The van der Waals surface area contributed by atoms with Gasteiger partial charge in [0.25, 0.3) is 0 Å². The number of rotatable bonds is 9. The van der Waals surface area contributed by atoms with Gasteiger partial charge in [0.2, 0.25) is 0 Å². The van der Waals surface area contributed by atoms with Crippen molar-refractivity contribution in [1.82, 2.24) is 15.2 Å². The van der Waals surface area contributed by atoms with Crippen LogP contribution in [0.3, 0.4) is 0 Å². The Kier molecular flexibility index (Phi) is 7.55. The Balaban J connectivity index is 2.62. The van der Waals surface area contributed by atoms with Crippen LogP contribution in [0.15, 0.2) is 18.3 Å². The number of pyridine rings is 1. The maximum absolute atomic E-state index is 4.62. The van der Waals surface area contributed by atoms with Gasteiger partial charge in [-0.1, -0.05) is 26.8 Å². The molecule has 1 N–H and O–H groups in total. The van der Waals surface area contributed by atoms with Crippen molar-refractivity contribution in [2.45, 2.75) is 39.8 Å². The Morgan fingerprint density at radius 2 is 1.90 bits per heavy atom. The molecular formula is C16H30N4. The number of aromatic nitrogens is 1. The molecule has 0 aromatic carbocycles. The van der Waals surface area contributed by atoms with Gasteiger partial charge in [-0.05, 0) is 32.1 Å². The number of nitrogens with one attached hydrogen (secondary N) is 1. The molecular weight excluding hydrogens is 248 g/mol. The van der Waals surface area contributed by atoms with E-state index in [0.29, 0.717) is 6.04 Å². The van der Waals surface area contributed by atoms with Crippen molar-refractivity contribution < 1.29 is 0 Å². The highest BCUT2D eigenvalue weighted by Crippen LogP contribution is 2.12. The third-order valence-electron chi connectivity index (χ3n) is 3.16. The van der Waals surface area contributed by atoms with Gasteiger partial charge in [0, 0.05) is 38.4 Å². The number of anilines is 1. The van der Waals surface area contributed by atoms with E-state index in [-0.39, 0.29) is 0 Å². The lowest BCUT2D eigenvalue weighted by Gasteiger charge is -2.25. The van der Waals surface area contributed by atoms with Gasteiger partial charge in [-0.2, -0.15) is 0 Å². The predicted octanol–water partition coefficient (Wildman–Crippen LogP) is 2.36. The Morgan fingerprint density at radius 1 is 1.15 bits per heavy atom. The third-order valence-corrected chi connectivity index (χ3v) is 3.16. The number of hydrogen-bond donors (Lipinski definition) is 1. The summed E-state index contributed by atoms with van der Waals surface area (Å²) in [7, 11) is 4.22. The average molecular weight is 278 g/mol. The summed E-state index contributed by atoms with van der Waals surface area (Å²) in [6.45, 7) is 10.6. The zero-order valence-corrected chi connectivity index (χ0v) is 13.7. The van der Waals surface area contributed by atoms with E-state index in [9.17, 15) is 0 Å². The van der Waals surface area contributed by atoms with Crippen LogP contribution < -0.4 is 10.2 Å². The van der Waals surface area contributed by atoms with Gasteiger partial charge in [0.15, 0.2) is 0 Å². The van der Waals surface area contributed by atoms with Crippen LogP contribution in [0.4, 0.5) is 5.82 Å². The van der Waals surface area contributed by atoms with Crippen LogP contribution in [0.1, 0.15) is 32.8 Å². The van der Waals surface area contributed by atoms with Crippen molar-refractivity contribution in [3.05, 3.63) is 23.9 Å². The zero-order chi connectivity index (χ0) is 15.0. The van der Waals surface area contributed by atoms with E-state index < -0.39 is 0 Å². The SMILES string of the molecule is CCCN(CCN(C)C)c1ccc(CNC(C)C)cn1. The molecule has 1 heterocycles. The van der Waals surface area contributed by atoms with Gasteiger partial charge >= 0.3 is 0 Å². The maximum atomic E-state index is 4.62. The summed E-state index contributed by atoms with van der Waals surface area (Å²) in [6, 6.07) is 4.82. The molecule has 0 atom stereocenters. The lowest BCUT2D eigenvalue weighted by Crippen LogP contribution is -2.33. The largest absolute Gasteiger partial charge is 0.355 e. The molecule has 0 amide bonds. The summed E-state index contributed by atoms with van der Waals surface area (Å²) in [5, 5.41) is 3.42. The molecule has 1 aromatic rings. The van der Waals surface area contributed by atoms with Gasteiger partial charge < -0.3 is 15.1 Å². The minimum absolute atomic E-state index is 0.506. The summed E-state index contributed by atoms with van der Waals surface area (Å²) in [6.07, 6.45) is 3.13. The lowest BCUT2D eigenvalue weighted by molar-refractivity contribution is 0.412. The standard InChI is InChI=1S/C16H30N4/c1-6-9-20(11-10-19(4)5)16-8-7-15(13-18-16)12-17-14(2)3/h7-8,13-14,17H,6,9-12H2,1-5H3. The Bertz CT molecular complexity index is 359. The maximum Gasteiger partial charge on any atom is 0.128 e. The Labute approximate surface area is 124 Å². The smallest absolute Gasteiger partial charge is 0.128 e. The van der Waals surface area contributed by atoms with Gasteiger partial charge in [0.05, 0.1) is 0 Å². The molecule has 0 aliphatic rings. The first-order valence-corrected chi connectivity index (χ1v) is 7.61. The molecule has 0 saturated carbocycles. The van der Waals surface area contributed by atoms with Crippen LogP contribution in [0.25, 0.3) is 0 Å². The molecule has 0 unspecified atom stereocenters. The van der Waals surface area contributed by atoms with E-state index in [1.807, 2.05) is 6.20 Å².